The van der Waals surface area contributed by atoms with Crippen LogP contribution in [0.3, 0.4) is 0 Å². The first-order valence-electron chi connectivity index (χ1n) is 4.77. The van der Waals surface area contributed by atoms with E-state index in [1.807, 2.05) is 0 Å². The molecule has 0 saturated carbocycles. The van der Waals surface area contributed by atoms with Crippen LogP contribution < -0.4 is 5.32 Å². The predicted molar refractivity (Wildman–Crippen MR) is 67.8 cm³/mol. The van der Waals surface area contributed by atoms with Crippen molar-refractivity contribution in [1.82, 2.24) is 4.90 Å². The average molecular weight is 259 g/mol. The predicted octanol–water partition coefficient (Wildman–Crippen LogP) is 1.31. The van der Waals surface area contributed by atoms with Crippen molar-refractivity contribution in [3.63, 3.8) is 0 Å². The number of benzene rings is 1. The van der Waals surface area contributed by atoms with Gasteiger partial charge in [0, 0.05) is 5.69 Å². The highest BCUT2D eigenvalue weighted by Gasteiger charge is 2.05. The SMILES string of the molecule is CN(C)CC(=O)Nc1ccc(C(=O)O)cc1.Cl. The number of rotatable bonds is 4. The fourth-order valence-corrected chi connectivity index (χ4v) is 1.18. The quantitative estimate of drug-likeness (QED) is 0.854. The smallest absolute Gasteiger partial charge is 0.335 e. The molecule has 0 aliphatic carbocycles. The van der Waals surface area contributed by atoms with Crippen molar-refractivity contribution >= 4 is 30.0 Å². The molecule has 0 aromatic heterocycles. The Morgan fingerprint density at radius 2 is 1.76 bits per heavy atom. The second-order valence-corrected chi connectivity index (χ2v) is 3.67. The van der Waals surface area contributed by atoms with Crippen LogP contribution >= 0.6 is 12.4 Å². The molecule has 0 heterocycles. The number of nitrogens with one attached hydrogen (secondary N) is 1. The average Bonchev–Trinajstić information content (AvgIpc) is 2.16. The van der Waals surface area contributed by atoms with E-state index in [-0.39, 0.29) is 23.9 Å². The number of carbonyl (C=O) groups is 2. The highest BCUT2D eigenvalue weighted by atomic mass is 35.5. The molecule has 17 heavy (non-hydrogen) atoms. The van der Waals surface area contributed by atoms with Crippen molar-refractivity contribution < 1.29 is 14.7 Å². The van der Waals surface area contributed by atoms with Crippen molar-refractivity contribution in [3.05, 3.63) is 29.8 Å². The number of aromatic carboxylic acids is 1. The van der Waals surface area contributed by atoms with Crippen LogP contribution in [0, 0.1) is 0 Å². The summed E-state index contributed by atoms with van der Waals surface area (Å²) in [6, 6.07) is 6.04. The molecule has 0 saturated heterocycles. The Kier molecular flexibility index (Phi) is 6.23. The van der Waals surface area contributed by atoms with Gasteiger partial charge in [0.1, 0.15) is 0 Å². The van der Waals surface area contributed by atoms with Crippen LogP contribution in [0.5, 0.6) is 0 Å². The number of nitrogens with zero attached hydrogens (tertiary/aromatic N) is 1. The molecule has 5 nitrogen and oxygen atoms in total. The van der Waals surface area contributed by atoms with Gasteiger partial charge in [-0.05, 0) is 38.4 Å². The lowest BCUT2D eigenvalue weighted by Gasteiger charge is -2.09. The van der Waals surface area contributed by atoms with Crippen molar-refractivity contribution in [2.24, 2.45) is 0 Å². The Balaban J connectivity index is 0.00000256. The molecule has 1 rings (SSSR count). The van der Waals surface area contributed by atoms with Gasteiger partial charge in [-0.25, -0.2) is 4.79 Å². The van der Waals surface area contributed by atoms with Crippen molar-refractivity contribution in [1.29, 1.82) is 0 Å². The summed E-state index contributed by atoms with van der Waals surface area (Å²) >= 11 is 0. The summed E-state index contributed by atoms with van der Waals surface area (Å²) in [7, 11) is 3.60. The second-order valence-electron chi connectivity index (χ2n) is 3.67. The second kappa shape index (κ2) is 6.88. The number of halogens is 1. The van der Waals surface area contributed by atoms with Gasteiger partial charge in [-0.2, -0.15) is 0 Å². The highest BCUT2D eigenvalue weighted by molar-refractivity contribution is 5.93. The lowest BCUT2D eigenvalue weighted by molar-refractivity contribution is -0.116. The summed E-state index contributed by atoms with van der Waals surface area (Å²) in [4.78, 5) is 23.7. The van der Waals surface area contributed by atoms with Gasteiger partial charge in [0.15, 0.2) is 0 Å². The number of anilines is 1. The van der Waals surface area contributed by atoms with Gasteiger partial charge < -0.3 is 15.3 Å². The molecular formula is C11H15ClN2O3. The molecule has 1 amide bonds. The Morgan fingerprint density at radius 3 is 2.18 bits per heavy atom. The molecule has 0 unspecified atom stereocenters. The summed E-state index contributed by atoms with van der Waals surface area (Å²) in [6.07, 6.45) is 0. The van der Waals surface area contributed by atoms with Gasteiger partial charge in [0.2, 0.25) is 5.91 Å². The maximum absolute atomic E-state index is 11.4. The largest absolute Gasteiger partial charge is 0.478 e. The summed E-state index contributed by atoms with van der Waals surface area (Å²) < 4.78 is 0. The molecule has 94 valence electrons. The zero-order valence-corrected chi connectivity index (χ0v) is 10.5. The summed E-state index contributed by atoms with van der Waals surface area (Å²) in [6.45, 7) is 0.292. The molecule has 0 radical (unpaired) electrons. The Labute approximate surface area is 106 Å². The minimum Gasteiger partial charge on any atom is -0.478 e. The highest BCUT2D eigenvalue weighted by Crippen LogP contribution is 2.09. The zero-order chi connectivity index (χ0) is 12.1. The van der Waals surface area contributed by atoms with Gasteiger partial charge in [-0.3, -0.25) is 4.79 Å². The third-order valence-electron chi connectivity index (χ3n) is 1.88. The fraction of sp³-hybridized carbons (Fsp3) is 0.273. The first kappa shape index (κ1) is 15.4. The van der Waals surface area contributed by atoms with Crippen LogP contribution in [0.4, 0.5) is 5.69 Å². The number of carboxylic acid groups (broad SMARTS) is 1. The zero-order valence-electron chi connectivity index (χ0n) is 9.64. The molecule has 0 aliphatic rings. The number of amides is 1. The van der Waals surface area contributed by atoms with E-state index in [4.69, 9.17) is 5.11 Å². The lowest BCUT2D eigenvalue weighted by atomic mass is 10.2. The topological polar surface area (TPSA) is 69.6 Å². The van der Waals surface area contributed by atoms with Gasteiger partial charge in [-0.15, -0.1) is 12.4 Å². The minimum absolute atomic E-state index is 0. The monoisotopic (exact) mass is 258 g/mol. The van der Waals surface area contributed by atoms with E-state index in [1.165, 1.54) is 12.1 Å². The molecule has 0 spiro atoms. The lowest BCUT2D eigenvalue weighted by Crippen LogP contribution is -2.27. The van der Waals surface area contributed by atoms with E-state index in [2.05, 4.69) is 5.32 Å². The fourth-order valence-electron chi connectivity index (χ4n) is 1.18. The van der Waals surface area contributed by atoms with Crippen LogP contribution in [0.25, 0.3) is 0 Å². The molecule has 0 atom stereocenters. The van der Waals surface area contributed by atoms with Gasteiger partial charge in [-0.1, -0.05) is 0 Å². The third-order valence-corrected chi connectivity index (χ3v) is 1.88. The van der Waals surface area contributed by atoms with Crippen LogP contribution in [-0.4, -0.2) is 42.5 Å². The molecule has 1 aromatic carbocycles. The summed E-state index contributed by atoms with van der Waals surface area (Å²) in [5, 5.41) is 11.3. The van der Waals surface area contributed by atoms with Crippen molar-refractivity contribution in [2.75, 3.05) is 26.0 Å². The first-order valence-corrected chi connectivity index (χ1v) is 4.77. The van der Waals surface area contributed by atoms with E-state index in [0.717, 1.165) is 0 Å². The summed E-state index contributed by atoms with van der Waals surface area (Å²) in [5.41, 5.74) is 0.794. The Bertz CT molecular complexity index is 390. The standard InChI is InChI=1S/C11H14N2O3.ClH/c1-13(2)7-10(14)12-9-5-3-8(4-6-9)11(15)16;/h3-6H,7H2,1-2H3,(H,12,14)(H,15,16);1H. The van der Waals surface area contributed by atoms with E-state index < -0.39 is 5.97 Å². The van der Waals surface area contributed by atoms with Gasteiger partial charge >= 0.3 is 5.97 Å². The molecule has 0 fully saturated rings. The van der Waals surface area contributed by atoms with Crippen LogP contribution in [0.1, 0.15) is 10.4 Å². The van der Waals surface area contributed by atoms with E-state index in [9.17, 15) is 9.59 Å². The van der Waals surface area contributed by atoms with Crippen LogP contribution in [0.2, 0.25) is 0 Å². The molecule has 6 heteroatoms. The Hall–Kier alpha value is -1.59. The third kappa shape index (κ3) is 5.33. The number of carboxylic acids is 1. The maximum Gasteiger partial charge on any atom is 0.335 e. The number of hydrogen-bond acceptors (Lipinski definition) is 3. The van der Waals surface area contributed by atoms with E-state index in [1.54, 1.807) is 31.1 Å². The maximum atomic E-state index is 11.4. The molecule has 1 aromatic rings. The minimum atomic E-state index is -0.980. The van der Waals surface area contributed by atoms with Crippen LogP contribution in [-0.2, 0) is 4.79 Å². The van der Waals surface area contributed by atoms with Crippen LogP contribution in [0.15, 0.2) is 24.3 Å². The molecular weight excluding hydrogens is 244 g/mol. The van der Waals surface area contributed by atoms with Crippen molar-refractivity contribution in [3.8, 4) is 0 Å². The summed E-state index contributed by atoms with van der Waals surface area (Å²) in [5.74, 6) is -1.11. The number of hydrogen-bond donors (Lipinski definition) is 2. The Morgan fingerprint density at radius 1 is 1.24 bits per heavy atom. The molecule has 0 bridgehead atoms. The van der Waals surface area contributed by atoms with Gasteiger partial charge in [0.25, 0.3) is 0 Å². The van der Waals surface area contributed by atoms with Crippen molar-refractivity contribution in [2.45, 2.75) is 0 Å². The van der Waals surface area contributed by atoms with E-state index in [0.29, 0.717) is 12.2 Å². The van der Waals surface area contributed by atoms with E-state index >= 15 is 0 Å². The molecule has 2 N–H and O–H groups in total. The molecule has 0 aliphatic heterocycles. The van der Waals surface area contributed by atoms with Gasteiger partial charge in [0.05, 0.1) is 12.1 Å². The first-order chi connectivity index (χ1) is 7.49. The number of likely N-dealkylation sites (N-methyl/N-ethyl adjacent to an activating group) is 1. The normalized spacial score (nSPS) is 9.59. The number of carbonyl (C=O) groups excluding carboxylic acids is 1.